The van der Waals surface area contributed by atoms with Crippen molar-refractivity contribution in [2.45, 2.75) is 196 Å². The molecule has 498 valence electrons. The summed E-state index contributed by atoms with van der Waals surface area (Å²) in [6.45, 7) is -7.29. The summed E-state index contributed by atoms with van der Waals surface area (Å²) in [4.78, 5) is 73.6. The van der Waals surface area contributed by atoms with E-state index in [0.29, 0.717) is 0 Å². The lowest BCUT2D eigenvalue weighted by Gasteiger charge is -2.51. The molecule has 0 aromatic rings. The quantitative estimate of drug-likeness (QED) is 0.0377. The molecule has 0 saturated carbocycles. The lowest BCUT2D eigenvalue weighted by atomic mass is 9.91. The minimum atomic E-state index is -6.07. The van der Waals surface area contributed by atoms with Crippen LogP contribution in [0.3, 0.4) is 0 Å². The number of aliphatic hydroxyl groups excluding tert-OH is 16. The first-order chi connectivity index (χ1) is 39.4. The molecule has 43 nitrogen and oxygen atoms in total. The van der Waals surface area contributed by atoms with Crippen molar-refractivity contribution in [2.75, 3.05) is 39.6 Å². The van der Waals surface area contributed by atoms with Crippen LogP contribution in [0, 0.1) is 0 Å². The van der Waals surface area contributed by atoms with Gasteiger partial charge in [-0.05, 0) is 0 Å². The molecule has 6 fully saturated rings. The maximum atomic E-state index is 13.4. The zero-order valence-corrected chi connectivity index (χ0v) is 46.1. The van der Waals surface area contributed by atoms with Crippen molar-refractivity contribution in [1.29, 1.82) is 0 Å². The van der Waals surface area contributed by atoms with Crippen LogP contribution < -0.4 is 11.5 Å². The third kappa shape index (κ3) is 17.4. The predicted octanol–water partition coefficient (Wildman–Crippen LogP) is -14.6. The van der Waals surface area contributed by atoms with E-state index in [1.807, 2.05) is 0 Å². The Bertz CT molecular complexity index is 2290. The van der Waals surface area contributed by atoms with Gasteiger partial charge in [0.2, 0.25) is 0 Å². The highest BCUT2D eigenvalue weighted by atomic mass is 31.2. The summed E-state index contributed by atoms with van der Waals surface area (Å²) in [6.07, 6.45) is -65.0. The fourth-order valence-electron chi connectivity index (χ4n) is 9.77. The van der Waals surface area contributed by atoms with E-state index < -0.39 is 265 Å². The molecule has 6 aliphatic rings. The Balaban J connectivity index is 1.36. The normalized spacial score (nSPS) is 45.9. The van der Waals surface area contributed by atoms with Crippen LogP contribution in [0.1, 0.15) is 6.42 Å². The average molecular weight is 1320 g/mol. The molecule has 6 heterocycles. The number of aliphatic hydroxyl groups is 16. The molecule has 0 radical (unpaired) electrons. The van der Waals surface area contributed by atoms with E-state index in [-0.39, 0.29) is 0 Å². The number of hydrogen-bond donors (Lipinski definition) is 25. The predicted molar refractivity (Wildman–Crippen MR) is 253 cm³/mol. The minimum Gasteiger partial charge on any atom is -0.477 e. The lowest BCUT2D eigenvalue weighted by Crippen LogP contribution is -2.69. The molecule has 0 bridgehead atoms. The standard InChI is InChI=1S/C39H71N2O41P3/c40-15-20(50)19(49)13(72-33(15)57)6-70-34-16(41)21(51)29(81-84(63,64)65)14(75-34)7-71-39(38(58)59)1-10(80-83(60,61)62)30(28(79-39)8(45)2-42)77-37-26(56)31(82-85(66,67)68)32(78-36-25(55)23(53)18(48)12(4-44)74-36)27(76-37)9(46)5-69-35-24(54)22(52)17(47)11(3-43)73-35/h8-37,42-57H,1-7,40-41H2,(H,58,59)(H2,60,61,62)(H2,63,64,65)(H2,66,67,68)/t8-,9+,10-,11-,12-,13-,14-,15-,16-,17+,18+,19-,20-,21-,22+,23+,24-,25-,26+,27-,28-,29-,30-,31-,32-,33+,34-,35-,36+,37-,39-/m1/s1. The highest BCUT2D eigenvalue weighted by molar-refractivity contribution is 7.46. The first-order valence-corrected chi connectivity index (χ1v) is 29.7. The third-order valence-electron chi connectivity index (χ3n) is 14.2. The number of hydrogen-bond acceptors (Lipinski definition) is 36. The molecule has 6 saturated heterocycles. The molecule has 27 N–H and O–H groups in total. The highest BCUT2D eigenvalue weighted by Gasteiger charge is 2.62. The van der Waals surface area contributed by atoms with Gasteiger partial charge in [0, 0.05) is 6.42 Å². The van der Waals surface area contributed by atoms with Crippen LogP contribution in [0.5, 0.6) is 0 Å². The Labute approximate surface area is 476 Å². The molecule has 0 amide bonds. The molecule has 0 spiro atoms. The number of carbonyl (C=O) groups is 1. The molecule has 0 aliphatic carbocycles. The maximum absolute atomic E-state index is 13.4. The van der Waals surface area contributed by atoms with Gasteiger partial charge in [0.25, 0.3) is 5.79 Å². The molecule has 85 heavy (non-hydrogen) atoms. The molecule has 0 aromatic heterocycles. The van der Waals surface area contributed by atoms with Gasteiger partial charge in [-0.2, -0.15) is 0 Å². The van der Waals surface area contributed by atoms with E-state index in [2.05, 4.69) is 4.52 Å². The Morgan fingerprint density at radius 3 is 1.55 bits per heavy atom. The summed E-state index contributed by atoms with van der Waals surface area (Å²) in [5.74, 6) is -5.89. The smallest absolute Gasteiger partial charge is 0.470 e. The Hall–Kier alpha value is -1.36. The van der Waals surface area contributed by atoms with Crippen LogP contribution in [0.2, 0.25) is 0 Å². The van der Waals surface area contributed by atoms with Gasteiger partial charge in [0.15, 0.2) is 31.5 Å². The number of phosphoric ester groups is 3. The van der Waals surface area contributed by atoms with Gasteiger partial charge in [-0.3, -0.25) is 13.6 Å². The maximum Gasteiger partial charge on any atom is 0.470 e. The summed E-state index contributed by atoms with van der Waals surface area (Å²) in [7, 11) is -17.8. The van der Waals surface area contributed by atoms with Gasteiger partial charge in [0.05, 0.1) is 51.7 Å². The molecule has 31 atom stereocenters. The van der Waals surface area contributed by atoms with Crippen LogP contribution in [0.4, 0.5) is 0 Å². The second kappa shape index (κ2) is 29.5. The van der Waals surface area contributed by atoms with E-state index in [1.165, 1.54) is 0 Å². The van der Waals surface area contributed by atoms with Gasteiger partial charge < -0.3 is 180 Å². The van der Waals surface area contributed by atoms with Crippen molar-refractivity contribution in [2.24, 2.45) is 11.5 Å². The van der Waals surface area contributed by atoms with Crippen molar-refractivity contribution < 1.29 is 200 Å². The number of phosphoric acid groups is 3. The molecule has 6 aliphatic heterocycles. The monoisotopic (exact) mass is 1320 g/mol. The van der Waals surface area contributed by atoms with Gasteiger partial charge in [-0.1, -0.05) is 0 Å². The Morgan fingerprint density at radius 2 is 1.01 bits per heavy atom. The molecular formula is C39H71N2O41P3. The van der Waals surface area contributed by atoms with Crippen LogP contribution >= 0.6 is 23.5 Å². The Morgan fingerprint density at radius 1 is 0.506 bits per heavy atom. The second-order valence-corrected chi connectivity index (χ2v) is 23.8. The zero-order valence-electron chi connectivity index (χ0n) is 43.4. The Kier molecular flexibility index (Phi) is 25.2. The van der Waals surface area contributed by atoms with Gasteiger partial charge in [-0.25, -0.2) is 18.5 Å². The molecule has 0 aromatic carbocycles. The van der Waals surface area contributed by atoms with E-state index in [4.69, 9.17) is 72.6 Å². The first-order valence-electron chi connectivity index (χ1n) is 25.1. The van der Waals surface area contributed by atoms with Crippen molar-refractivity contribution in [1.82, 2.24) is 0 Å². The first kappa shape index (κ1) is 72.7. The van der Waals surface area contributed by atoms with Crippen LogP contribution in [-0.4, -0.2) is 351 Å². The minimum absolute atomic E-state index is 0.872. The van der Waals surface area contributed by atoms with Crippen LogP contribution in [0.25, 0.3) is 0 Å². The number of carboxylic acid groups (broad SMARTS) is 1. The van der Waals surface area contributed by atoms with E-state index >= 15 is 0 Å². The molecule has 46 heteroatoms. The van der Waals surface area contributed by atoms with Crippen LogP contribution in [-0.2, 0) is 84.2 Å². The largest absolute Gasteiger partial charge is 0.477 e. The highest BCUT2D eigenvalue weighted by Crippen LogP contribution is 2.48. The van der Waals surface area contributed by atoms with E-state index in [0.717, 1.165) is 0 Å². The van der Waals surface area contributed by atoms with Gasteiger partial charge in [0.1, 0.15) is 140 Å². The number of aliphatic carboxylic acids is 1. The number of rotatable bonds is 25. The van der Waals surface area contributed by atoms with Crippen molar-refractivity contribution in [3.63, 3.8) is 0 Å². The topological polar surface area (TPSA) is 715 Å². The lowest BCUT2D eigenvalue weighted by molar-refractivity contribution is -0.387. The fraction of sp³-hybridized carbons (Fsp3) is 0.974. The number of ether oxygens (including phenoxy) is 11. The summed E-state index contributed by atoms with van der Waals surface area (Å²) in [5, 5.41) is 180. The average Bonchev–Trinajstić information content (AvgIpc) is 1.24. The summed E-state index contributed by atoms with van der Waals surface area (Å²) >= 11 is 0. The number of carboxylic acids is 1. The molecule has 6 rings (SSSR count). The van der Waals surface area contributed by atoms with Gasteiger partial charge >= 0.3 is 29.4 Å². The molecule has 0 unspecified atom stereocenters. The van der Waals surface area contributed by atoms with E-state index in [9.17, 15) is 135 Å². The fourth-order valence-corrected chi connectivity index (χ4v) is 11.5. The summed E-state index contributed by atoms with van der Waals surface area (Å²) < 4.78 is 113. The SMILES string of the molecule is N[C@@H]1[C@@H](O)[C@H](O)[C@@H](CO[C@@H]2O[C@H](CO[C@]3(C(=O)O)C[C@@H](OP(=O)(O)O)[C@@H](O[C@H]4O[C@H]([C@@H](O)CO[C@@H]5O[C@H](CO)[C@H](O)[C@H](O)[C@H]5O)[C@@H](O[C@@H]5O[C@H](CO)[C@H](O)[C@H](O)[C@H]5O)[C@H](OP(=O)(O)O)[C@@H]4O)[C@@H]([C@H](O)CO)O3)[C@@H](OP(=O)(O)O)[C@H](O)[C@H]2N)O[C@@H]1O. The number of nitrogens with two attached hydrogens (primary N) is 2. The third-order valence-corrected chi connectivity index (χ3v) is 15.8. The van der Waals surface area contributed by atoms with Crippen molar-refractivity contribution in [3.05, 3.63) is 0 Å². The summed E-state index contributed by atoms with van der Waals surface area (Å²) in [5.41, 5.74) is 11.6. The van der Waals surface area contributed by atoms with Crippen LogP contribution in [0.15, 0.2) is 0 Å². The van der Waals surface area contributed by atoms with Crippen molar-refractivity contribution >= 4 is 29.4 Å². The molecular weight excluding hydrogens is 1250 g/mol. The summed E-state index contributed by atoms with van der Waals surface area (Å²) in [6, 6.07) is -3.40. The van der Waals surface area contributed by atoms with Crippen molar-refractivity contribution in [3.8, 4) is 0 Å². The van der Waals surface area contributed by atoms with E-state index in [1.54, 1.807) is 0 Å². The second-order valence-electron chi connectivity index (χ2n) is 20.2. The zero-order chi connectivity index (χ0) is 63.7. The van der Waals surface area contributed by atoms with Gasteiger partial charge in [-0.15, -0.1) is 0 Å².